The second-order valence-corrected chi connectivity index (χ2v) is 6.12. The smallest absolute Gasteiger partial charge is 0.334 e. The molecule has 2 aromatic heterocycles. The third-order valence-electron chi connectivity index (χ3n) is 3.30. The number of rotatable bonds is 3. The van der Waals surface area contributed by atoms with Crippen LogP contribution >= 0.6 is 11.3 Å². The molecular formula is C14H14N4O4S. The van der Waals surface area contributed by atoms with Crippen molar-refractivity contribution in [1.82, 2.24) is 19.9 Å². The fourth-order valence-corrected chi connectivity index (χ4v) is 3.13. The predicted octanol–water partition coefficient (Wildman–Crippen LogP) is 0.914. The summed E-state index contributed by atoms with van der Waals surface area (Å²) in [4.78, 5) is 37.9. The topological polar surface area (TPSA) is 106 Å². The second-order valence-electron chi connectivity index (χ2n) is 5.09. The number of nitrogens with zero attached hydrogens (tertiary/aromatic N) is 4. The van der Waals surface area contributed by atoms with Crippen LogP contribution in [0.25, 0.3) is 10.8 Å². The fraction of sp³-hybridized carbons (Fsp3) is 0.357. The van der Waals surface area contributed by atoms with Gasteiger partial charge in [0.05, 0.1) is 18.8 Å². The first-order valence-corrected chi connectivity index (χ1v) is 7.77. The Balaban J connectivity index is 1.78. The Morgan fingerprint density at radius 1 is 1.30 bits per heavy atom. The number of thiazole rings is 1. The number of carboxylic acids is 1. The van der Waals surface area contributed by atoms with Crippen molar-refractivity contribution in [2.75, 3.05) is 13.1 Å². The number of aliphatic carboxylic acids is 1. The molecule has 2 aromatic rings. The van der Waals surface area contributed by atoms with E-state index >= 15 is 0 Å². The van der Waals surface area contributed by atoms with Crippen LogP contribution in [0, 0.1) is 0 Å². The first-order chi connectivity index (χ1) is 11.0. The zero-order valence-corrected chi connectivity index (χ0v) is 13.1. The third kappa shape index (κ3) is 3.35. The summed E-state index contributed by atoms with van der Waals surface area (Å²) in [6.07, 6.45) is 3.33. The van der Waals surface area contributed by atoms with Gasteiger partial charge in [-0.05, 0) is 13.0 Å². The summed E-state index contributed by atoms with van der Waals surface area (Å²) < 4.78 is 5.31. The predicted molar refractivity (Wildman–Crippen MR) is 81.0 cm³/mol. The quantitative estimate of drug-likeness (QED) is 0.889. The van der Waals surface area contributed by atoms with E-state index in [0.717, 1.165) is 0 Å². The first-order valence-electron chi connectivity index (χ1n) is 6.95. The van der Waals surface area contributed by atoms with Crippen molar-refractivity contribution in [3.8, 4) is 10.8 Å². The molecule has 3 rings (SSSR count). The lowest BCUT2D eigenvalue weighted by atomic mass is 10.2. The van der Waals surface area contributed by atoms with Gasteiger partial charge in [-0.25, -0.2) is 19.7 Å². The van der Waals surface area contributed by atoms with Crippen molar-refractivity contribution in [2.45, 2.75) is 19.1 Å². The maximum Gasteiger partial charge on any atom is 0.334 e. The monoisotopic (exact) mass is 334 g/mol. The summed E-state index contributed by atoms with van der Waals surface area (Å²) in [5, 5.41) is 9.64. The van der Waals surface area contributed by atoms with Crippen LogP contribution in [0.5, 0.6) is 0 Å². The summed E-state index contributed by atoms with van der Waals surface area (Å²) in [6, 6.07) is 1.70. The third-order valence-corrected chi connectivity index (χ3v) is 4.28. The van der Waals surface area contributed by atoms with Crippen molar-refractivity contribution in [3.05, 3.63) is 29.5 Å². The largest absolute Gasteiger partial charge is 0.479 e. The van der Waals surface area contributed by atoms with E-state index in [9.17, 15) is 9.59 Å². The van der Waals surface area contributed by atoms with Gasteiger partial charge < -0.3 is 14.7 Å². The SMILES string of the molecule is C[C@@H]1CN(C(=O)c2cnc(-c3ncccn3)s2)CC(C(=O)O)O1. The zero-order valence-electron chi connectivity index (χ0n) is 12.2. The average molecular weight is 334 g/mol. The highest BCUT2D eigenvalue weighted by molar-refractivity contribution is 7.16. The molecule has 1 aliphatic heterocycles. The van der Waals surface area contributed by atoms with E-state index in [1.165, 1.54) is 22.4 Å². The lowest BCUT2D eigenvalue weighted by Gasteiger charge is -2.34. The Hall–Kier alpha value is -2.39. The number of ether oxygens (including phenoxy) is 1. The summed E-state index contributed by atoms with van der Waals surface area (Å²) >= 11 is 1.18. The summed E-state index contributed by atoms with van der Waals surface area (Å²) in [5.74, 6) is -0.876. The van der Waals surface area contributed by atoms with E-state index in [1.807, 2.05) is 0 Å². The van der Waals surface area contributed by atoms with E-state index in [0.29, 0.717) is 22.3 Å². The van der Waals surface area contributed by atoms with Gasteiger partial charge in [0, 0.05) is 18.9 Å². The molecule has 1 unspecified atom stereocenters. The van der Waals surface area contributed by atoms with Gasteiger partial charge in [0.2, 0.25) is 0 Å². The first kappa shape index (κ1) is 15.5. The van der Waals surface area contributed by atoms with E-state index in [2.05, 4.69) is 15.0 Å². The molecule has 1 N–H and O–H groups in total. The minimum Gasteiger partial charge on any atom is -0.479 e. The molecule has 0 bridgehead atoms. The van der Waals surface area contributed by atoms with Crippen molar-refractivity contribution in [2.24, 2.45) is 0 Å². The lowest BCUT2D eigenvalue weighted by Crippen LogP contribution is -2.51. The molecule has 0 saturated carbocycles. The minimum atomic E-state index is -1.07. The highest BCUT2D eigenvalue weighted by atomic mass is 32.1. The maximum absolute atomic E-state index is 12.6. The molecule has 0 spiro atoms. The molecular weight excluding hydrogens is 320 g/mol. The Labute approximate surface area is 135 Å². The van der Waals surface area contributed by atoms with Gasteiger partial charge in [0.25, 0.3) is 5.91 Å². The molecule has 120 valence electrons. The fourth-order valence-electron chi connectivity index (χ4n) is 2.30. The van der Waals surface area contributed by atoms with Crippen molar-refractivity contribution in [3.63, 3.8) is 0 Å². The lowest BCUT2D eigenvalue weighted by molar-refractivity contribution is -0.160. The number of amides is 1. The molecule has 8 nitrogen and oxygen atoms in total. The molecule has 0 aromatic carbocycles. The van der Waals surface area contributed by atoms with E-state index in [-0.39, 0.29) is 18.6 Å². The molecule has 1 fully saturated rings. The van der Waals surface area contributed by atoms with Crippen LogP contribution in [-0.4, -0.2) is 62.1 Å². The molecule has 0 aliphatic carbocycles. The van der Waals surface area contributed by atoms with Crippen LogP contribution < -0.4 is 0 Å². The van der Waals surface area contributed by atoms with Crippen molar-refractivity contribution < 1.29 is 19.4 Å². The van der Waals surface area contributed by atoms with Crippen molar-refractivity contribution in [1.29, 1.82) is 0 Å². The highest BCUT2D eigenvalue weighted by Gasteiger charge is 2.33. The highest BCUT2D eigenvalue weighted by Crippen LogP contribution is 2.24. The van der Waals surface area contributed by atoms with Crippen LogP contribution in [0.15, 0.2) is 24.7 Å². The Bertz CT molecular complexity index is 721. The number of carbonyl (C=O) groups is 2. The van der Waals surface area contributed by atoms with E-state index < -0.39 is 12.1 Å². The number of carboxylic acid groups (broad SMARTS) is 1. The molecule has 9 heteroatoms. The van der Waals surface area contributed by atoms with E-state index in [4.69, 9.17) is 9.84 Å². The van der Waals surface area contributed by atoms with Gasteiger partial charge in [-0.2, -0.15) is 0 Å². The van der Waals surface area contributed by atoms with Gasteiger partial charge in [0.1, 0.15) is 4.88 Å². The zero-order chi connectivity index (χ0) is 16.4. The van der Waals surface area contributed by atoms with E-state index in [1.54, 1.807) is 25.4 Å². The number of carbonyl (C=O) groups excluding carboxylic acids is 1. The molecule has 23 heavy (non-hydrogen) atoms. The molecule has 1 aliphatic rings. The van der Waals surface area contributed by atoms with Gasteiger partial charge in [-0.3, -0.25) is 4.79 Å². The maximum atomic E-state index is 12.6. The number of morpholine rings is 1. The van der Waals surface area contributed by atoms with Crippen molar-refractivity contribution >= 4 is 23.2 Å². The number of hydrogen-bond acceptors (Lipinski definition) is 7. The summed E-state index contributed by atoms with van der Waals surface area (Å²) in [7, 11) is 0. The normalized spacial score (nSPS) is 21.2. The Morgan fingerprint density at radius 3 is 2.74 bits per heavy atom. The van der Waals surface area contributed by atoms with Crippen LogP contribution in [0.1, 0.15) is 16.6 Å². The Kier molecular flexibility index (Phi) is 4.30. The van der Waals surface area contributed by atoms with Crippen LogP contribution in [0.4, 0.5) is 0 Å². The molecule has 1 saturated heterocycles. The van der Waals surface area contributed by atoms with Crippen LogP contribution in [0.3, 0.4) is 0 Å². The summed E-state index contributed by atoms with van der Waals surface area (Å²) in [5.41, 5.74) is 0. The Morgan fingerprint density at radius 2 is 2.04 bits per heavy atom. The van der Waals surface area contributed by atoms with Crippen LogP contribution in [-0.2, 0) is 9.53 Å². The molecule has 1 amide bonds. The van der Waals surface area contributed by atoms with Crippen LogP contribution in [0.2, 0.25) is 0 Å². The standard InChI is InChI=1S/C14H14N4O4S/c1-8-6-18(7-9(22-8)14(20)21)13(19)10-5-17-12(23-10)11-15-3-2-4-16-11/h2-5,8-9H,6-7H2,1H3,(H,20,21)/t8-,9?/m1/s1. The van der Waals surface area contributed by atoms with Gasteiger partial charge in [-0.15, -0.1) is 11.3 Å². The minimum absolute atomic E-state index is 0.0214. The van der Waals surface area contributed by atoms with Gasteiger partial charge >= 0.3 is 5.97 Å². The molecule has 0 radical (unpaired) electrons. The number of aromatic nitrogens is 3. The average Bonchev–Trinajstić information content (AvgIpc) is 3.04. The second kappa shape index (κ2) is 6.39. The summed E-state index contributed by atoms with van der Waals surface area (Å²) in [6.45, 7) is 2.11. The van der Waals surface area contributed by atoms with Gasteiger partial charge in [-0.1, -0.05) is 0 Å². The van der Waals surface area contributed by atoms with Gasteiger partial charge in [0.15, 0.2) is 16.9 Å². The molecule has 2 atom stereocenters. The number of hydrogen-bond donors (Lipinski definition) is 1. The molecule has 3 heterocycles.